The first-order valence-corrected chi connectivity index (χ1v) is 7.47. The summed E-state index contributed by atoms with van der Waals surface area (Å²) >= 11 is 0. The fraction of sp³-hybridized carbons (Fsp3) is 0.909. The van der Waals surface area contributed by atoms with Gasteiger partial charge in [0.05, 0.1) is 16.9 Å². The van der Waals surface area contributed by atoms with Crippen molar-refractivity contribution in [2.45, 2.75) is 33.1 Å². The lowest BCUT2D eigenvalue weighted by Gasteiger charge is -2.47. The number of carboxylic acids is 1. The van der Waals surface area contributed by atoms with Gasteiger partial charge in [-0.1, -0.05) is 20.3 Å². The first-order chi connectivity index (χ1) is 7.21. The van der Waals surface area contributed by atoms with Crippen molar-refractivity contribution in [3.05, 3.63) is 0 Å². The monoisotopic (exact) mass is 246 g/mol. The molecule has 1 N–H and O–H groups in total. The van der Waals surface area contributed by atoms with Crippen LogP contribution in [0.4, 0.5) is 0 Å². The van der Waals surface area contributed by atoms with Crippen molar-refractivity contribution in [1.29, 1.82) is 0 Å². The largest absolute Gasteiger partial charge is 0.481 e. The zero-order valence-electron chi connectivity index (χ0n) is 9.69. The zero-order valence-corrected chi connectivity index (χ0v) is 10.5. The van der Waals surface area contributed by atoms with E-state index in [0.717, 1.165) is 19.3 Å². The highest BCUT2D eigenvalue weighted by Gasteiger charge is 2.64. The van der Waals surface area contributed by atoms with E-state index in [9.17, 15) is 18.3 Å². The Morgan fingerprint density at radius 3 is 2.50 bits per heavy atom. The van der Waals surface area contributed by atoms with Crippen LogP contribution in [-0.4, -0.2) is 31.0 Å². The van der Waals surface area contributed by atoms with Crippen LogP contribution in [0.1, 0.15) is 33.1 Å². The first kappa shape index (κ1) is 11.9. The summed E-state index contributed by atoms with van der Waals surface area (Å²) in [5.74, 6) is -1.24. The molecule has 2 rings (SSSR count). The molecule has 0 aromatic carbocycles. The Kier molecular flexibility index (Phi) is 2.39. The highest BCUT2D eigenvalue weighted by Crippen LogP contribution is 2.57. The second-order valence-electron chi connectivity index (χ2n) is 5.80. The van der Waals surface area contributed by atoms with E-state index in [0.29, 0.717) is 0 Å². The van der Waals surface area contributed by atoms with E-state index in [4.69, 9.17) is 0 Å². The molecule has 5 heteroatoms. The Morgan fingerprint density at radius 1 is 1.38 bits per heavy atom. The van der Waals surface area contributed by atoms with Crippen LogP contribution >= 0.6 is 0 Å². The zero-order chi connectivity index (χ0) is 12.2. The third-order valence-electron chi connectivity index (χ3n) is 4.54. The highest BCUT2D eigenvalue weighted by atomic mass is 32.2. The van der Waals surface area contributed by atoms with Crippen LogP contribution in [-0.2, 0) is 14.6 Å². The summed E-state index contributed by atoms with van der Waals surface area (Å²) < 4.78 is 23.5. The van der Waals surface area contributed by atoms with Gasteiger partial charge in [0.2, 0.25) is 0 Å². The van der Waals surface area contributed by atoms with Gasteiger partial charge >= 0.3 is 5.97 Å². The number of sulfone groups is 1. The van der Waals surface area contributed by atoms with E-state index in [-0.39, 0.29) is 17.4 Å². The second-order valence-corrected chi connectivity index (χ2v) is 7.91. The summed E-state index contributed by atoms with van der Waals surface area (Å²) in [6, 6.07) is 0. The van der Waals surface area contributed by atoms with Crippen LogP contribution in [0, 0.1) is 16.7 Å². The normalized spacial score (nSPS) is 40.2. The molecular weight excluding hydrogens is 228 g/mol. The number of fused-ring (bicyclic) bond motifs is 1. The van der Waals surface area contributed by atoms with Crippen LogP contribution in [0.25, 0.3) is 0 Å². The van der Waals surface area contributed by atoms with Crippen molar-refractivity contribution >= 4 is 15.8 Å². The molecule has 1 aliphatic heterocycles. The number of hydrogen-bond acceptors (Lipinski definition) is 3. The van der Waals surface area contributed by atoms with Crippen molar-refractivity contribution < 1.29 is 18.3 Å². The summed E-state index contributed by atoms with van der Waals surface area (Å²) in [6.45, 7) is 3.79. The molecule has 0 aromatic rings. The minimum atomic E-state index is -3.18. The molecule has 1 aliphatic carbocycles. The lowest BCUT2D eigenvalue weighted by molar-refractivity contribution is -0.162. The first-order valence-electron chi connectivity index (χ1n) is 5.65. The van der Waals surface area contributed by atoms with Crippen LogP contribution in [0.5, 0.6) is 0 Å². The molecule has 0 amide bonds. The molecule has 1 saturated carbocycles. The number of carboxylic acid groups (broad SMARTS) is 1. The molecule has 2 atom stereocenters. The Bertz CT molecular complexity index is 423. The maximum Gasteiger partial charge on any atom is 0.311 e. The van der Waals surface area contributed by atoms with Crippen LogP contribution in [0.15, 0.2) is 0 Å². The van der Waals surface area contributed by atoms with Gasteiger partial charge in [0.15, 0.2) is 9.84 Å². The molecule has 2 unspecified atom stereocenters. The Morgan fingerprint density at radius 2 is 2.00 bits per heavy atom. The fourth-order valence-electron chi connectivity index (χ4n) is 3.59. The van der Waals surface area contributed by atoms with Crippen LogP contribution in [0.3, 0.4) is 0 Å². The number of hydrogen-bond donors (Lipinski definition) is 1. The average Bonchev–Trinajstić information content (AvgIpc) is 2.37. The standard InChI is InChI=1S/C11H18O4S/c1-10(2)5-3-4-8-6-16(14,15)7-11(8,10)9(12)13/h8H,3-7H2,1-2H3,(H,12,13). The molecule has 0 spiro atoms. The number of carbonyl (C=O) groups is 1. The predicted molar refractivity (Wildman–Crippen MR) is 59.8 cm³/mol. The minimum absolute atomic E-state index is 0.0583. The van der Waals surface area contributed by atoms with Crippen molar-refractivity contribution in [3.8, 4) is 0 Å². The van der Waals surface area contributed by atoms with Gasteiger partial charge in [-0.3, -0.25) is 4.79 Å². The van der Waals surface area contributed by atoms with E-state index >= 15 is 0 Å². The molecule has 16 heavy (non-hydrogen) atoms. The molecule has 0 radical (unpaired) electrons. The Hall–Kier alpha value is -0.580. The summed E-state index contributed by atoms with van der Waals surface area (Å²) in [7, 11) is -3.18. The van der Waals surface area contributed by atoms with E-state index in [2.05, 4.69) is 0 Å². The van der Waals surface area contributed by atoms with Crippen molar-refractivity contribution in [1.82, 2.24) is 0 Å². The third kappa shape index (κ3) is 1.40. The molecule has 2 fully saturated rings. The molecule has 1 heterocycles. The van der Waals surface area contributed by atoms with Gasteiger partial charge in [-0.05, 0) is 24.2 Å². The van der Waals surface area contributed by atoms with Gasteiger partial charge in [0.1, 0.15) is 0 Å². The van der Waals surface area contributed by atoms with E-state index in [1.54, 1.807) is 0 Å². The Labute approximate surface area is 96.0 Å². The van der Waals surface area contributed by atoms with Crippen molar-refractivity contribution in [2.75, 3.05) is 11.5 Å². The maximum atomic E-state index is 11.7. The van der Waals surface area contributed by atoms with Crippen molar-refractivity contribution in [3.63, 3.8) is 0 Å². The summed E-state index contributed by atoms with van der Waals surface area (Å²) in [4.78, 5) is 11.6. The van der Waals surface area contributed by atoms with Crippen LogP contribution < -0.4 is 0 Å². The lowest BCUT2D eigenvalue weighted by atomic mass is 9.54. The van der Waals surface area contributed by atoms with Gasteiger partial charge in [0.25, 0.3) is 0 Å². The Balaban J connectivity index is 2.56. The SMILES string of the molecule is CC1(C)CCCC2CS(=O)(=O)CC21C(=O)O. The summed E-state index contributed by atoms with van der Waals surface area (Å²) in [6.07, 6.45) is 2.46. The average molecular weight is 246 g/mol. The highest BCUT2D eigenvalue weighted by molar-refractivity contribution is 7.91. The topological polar surface area (TPSA) is 71.4 Å². The maximum absolute atomic E-state index is 11.7. The van der Waals surface area contributed by atoms with Crippen molar-refractivity contribution in [2.24, 2.45) is 16.7 Å². The fourth-order valence-corrected chi connectivity index (χ4v) is 6.22. The minimum Gasteiger partial charge on any atom is -0.481 e. The number of aliphatic carboxylic acids is 1. The molecule has 2 aliphatic rings. The summed E-state index contributed by atoms with van der Waals surface area (Å²) in [5, 5.41) is 9.50. The van der Waals surface area contributed by atoms with Gasteiger partial charge in [-0.25, -0.2) is 8.42 Å². The summed E-state index contributed by atoms with van der Waals surface area (Å²) in [5.41, 5.74) is -1.48. The van der Waals surface area contributed by atoms with E-state index in [1.165, 1.54) is 0 Å². The quantitative estimate of drug-likeness (QED) is 0.757. The third-order valence-corrected chi connectivity index (χ3v) is 6.35. The molecule has 0 aromatic heterocycles. The van der Waals surface area contributed by atoms with Gasteiger partial charge in [-0.2, -0.15) is 0 Å². The number of rotatable bonds is 1. The van der Waals surface area contributed by atoms with Gasteiger partial charge < -0.3 is 5.11 Å². The smallest absolute Gasteiger partial charge is 0.311 e. The van der Waals surface area contributed by atoms with Gasteiger partial charge in [0, 0.05) is 0 Å². The molecular formula is C11H18O4S. The van der Waals surface area contributed by atoms with Crippen LogP contribution in [0.2, 0.25) is 0 Å². The predicted octanol–water partition coefficient (Wildman–Crippen LogP) is 1.31. The van der Waals surface area contributed by atoms with E-state index < -0.39 is 26.6 Å². The van der Waals surface area contributed by atoms with E-state index in [1.807, 2.05) is 13.8 Å². The molecule has 0 bridgehead atoms. The lowest BCUT2D eigenvalue weighted by Crippen LogP contribution is -2.52. The molecule has 92 valence electrons. The molecule has 4 nitrogen and oxygen atoms in total. The second kappa shape index (κ2) is 3.22. The molecule has 1 saturated heterocycles. The van der Waals surface area contributed by atoms with Gasteiger partial charge in [-0.15, -0.1) is 0 Å².